The summed E-state index contributed by atoms with van der Waals surface area (Å²) in [6.45, 7) is 3.09. The van der Waals surface area contributed by atoms with Gasteiger partial charge in [-0.1, -0.05) is 60.1 Å². The molecule has 0 aliphatic carbocycles. The second kappa shape index (κ2) is 28.8. The van der Waals surface area contributed by atoms with Gasteiger partial charge in [0, 0.05) is 61.0 Å². The Morgan fingerprint density at radius 2 is 1.53 bits per heavy atom. The number of benzene rings is 1. The Morgan fingerprint density at radius 3 is 2.22 bits per heavy atom. The SMILES string of the molecule is CC[C@H](C)[C@@H]1NC(=O)[C@@H](Cc2c[nH]c3ccccc23)NC(=O)CCSSC[C@H](C(=O)N2CCC[C@H]2C(=O)N[C@@H](CCCN=C(N)N)C(=O)NCC(N)=O)NC(=O)[C@H](CC(N)=O)NC(=O)[C@H](CCC(N)=O)NC1=O. The molecule has 2 fully saturated rings. The Labute approximate surface area is 428 Å². The predicted octanol–water partition coefficient (Wildman–Crippen LogP) is -3.76. The van der Waals surface area contributed by atoms with Gasteiger partial charge < -0.3 is 75.8 Å². The van der Waals surface area contributed by atoms with Gasteiger partial charge in [0.2, 0.25) is 65.0 Å². The maximum atomic E-state index is 14.6. The first kappa shape index (κ1) is 58.5. The Balaban J connectivity index is 1.68. The van der Waals surface area contributed by atoms with Crippen molar-refractivity contribution in [2.75, 3.05) is 31.1 Å². The monoisotopic (exact) mass is 1060 g/mol. The molecule has 8 atom stereocenters. The van der Waals surface area contributed by atoms with E-state index in [1.807, 2.05) is 24.3 Å². The van der Waals surface area contributed by atoms with Crippen molar-refractivity contribution in [3.63, 3.8) is 0 Å². The van der Waals surface area contributed by atoms with Crippen molar-refractivity contribution < 1.29 is 52.7 Å². The molecule has 0 radical (unpaired) electrons. The van der Waals surface area contributed by atoms with E-state index >= 15 is 0 Å². The third-order valence-corrected chi connectivity index (χ3v) is 14.5. The van der Waals surface area contributed by atoms with Crippen molar-refractivity contribution in [3.8, 4) is 0 Å². The number of para-hydroxylation sites is 1. The zero-order chi connectivity index (χ0) is 53.8. The number of hydrogen-bond acceptors (Lipinski definition) is 14. The molecule has 2 aliphatic rings. The molecule has 11 amide bonds. The van der Waals surface area contributed by atoms with Gasteiger partial charge in [-0.05, 0) is 49.7 Å². The molecule has 0 saturated carbocycles. The number of guanidine groups is 1. The number of carbonyl (C=O) groups is 11. The highest BCUT2D eigenvalue weighted by molar-refractivity contribution is 8.76. The quantitative estimate of drug-likeness (QED) is 0.0278. The number of nitrogens with two attached hydrogens (primary N) is 5. The van der Waals surface area contributed by atoms with Gasteiger partial charge in [0.25, 0.3) is 0 Å². The van der Waals surface area contributed by atoms with E-state index in [-0.39, 0.29) is 69.1 Å². The molecule has 400 valence electrons. The largest absolute Gasteiger partial charge is 0.370 e. The number of fused-ring (bicyclic) bond motifs is 1. The average Bonchev–Trinajstić information content (AvgIpc) is 4.00. The van der Waals surface area contributed by atoms with Crippen molar-refractivity contribution in [3.05, 3.63) is 36.0 Å². The van der Waals surface area contributed by atoms with Crippen LogP contribution in [0.3, 0.4) is 0 Å². The molecule has 2 aliphatic heterocycles. The normalized spacial score (nSPS) is 22.5. The number of H-pyrrole nitrogens is 1. The molecular formula is C45H67N15O11S2. The second-order valence-corrected chi connectivity index (χ2v) is 20.3. The summed E-state index contributed by atoms with van der Waals surface area (Å²) >= 11 is 0. The molecule has 0 spiro atoms. The topological polar surface area (TPSA) is 433 Å². The highest BCUT2D eigenvalue weighted by Crippen LogP contribution is 2.26. The van der Waals surface area contributed by atoms with Gasteiger partial charge >= 0.3 is 0 Å². The van der Waals surface area contributed by atoms with Crippen LogP contribution in [-0.4, -0.2) is 154 Å². The zero-order valence-corrected chi connectivity index (χ0v) is 42.3. The summed E-state index contributed by atoms with van der Waals surface area (Å²) in [5.41, 5.74) is 28.5. The number of primary amides is 3. The minimum Gasteiger partial charge on any atom is -0.370 e. The van der Waals surface area contributed by atoms with Crippen molar-refractivity contribution in [1.29, 1.82) is 0 Å². The first-order valence-corrected chi connectivity index (χ1v) is 26.3. The van der Waals surface area contributed by atoms with Crippen LogP contribution in [0.5, 0.6) is 0 Å². The van der Waals surface area contributed by atoms with E-state index in [1.165, 1.54) is 4.90 Å². The fourth-order valence-corrected chi connectivity index (χ4v) is 10.2. The van der Waals surface area contributed by atoms with Gasteiger partial charge in [-0.25, -0.2) is 0 Å². The third kappa shape index (κ3) is 18.5. The lowest BCUT2D eigenvalue weighted by Crippen LogP contribution is -2.61. The number of amides is 11. The first-order valence-electron chi connectivity index (χ1n) is 23.8. The van der Waals surface area contributed by atoms with Crippen LogP contribution in [0.2, 0.25) is 0 Å². The smallest absolute Gasteiger partial charge is 0.246 e. The lowest BCUT2D eigenvalue weighted by atomic mass is 9.96. The van der Waals surface area contributed by atoms with Crippen LogP contribution in [-0.2, 0) is 59.2 Å². The molecular weight excluding hydrogens is 991 g/mol. The van der Waals surface area contributed by atoms with Crippen LogP contribution in [0.1, 0.15) is 77.2 Å². The number of nitrogens with zero attached hydrogens (tertiary/aromatic N) is 2. The Hall–Kier alpha value is -7.10. The molecule has 3 heterocycles. The van der Waals surface area contributed by atoms with Crippen molar-refractivity contribution in [1.82, 2.24) is 47.1 Å². The highest BCUT2D eigenvalue weighted by atomic mass is 33.1. The molecule has 18 N–H and O–H groups in total. The van der Waals surface area contributed by atoms with E-state index in [0.717, 1.165) is 32.5 Å². The number of rotatable bonds is 19. The Kier molecular flexibility index (Phi) is 23.1. The van der Waals surface area contributed by atoms with Gasteiger partial charge in [0.15, 0.2) is 5.96 Å². The molecule has 4 rings (SSSR count). The van der Waals surface area contributed by atoms with Crippen LogP contribution in [0.15, 0.2) is 35.5 Å². The van der Waals surface area contributed by atoms with Crippen LogP contribution in [0, 0.1) is 5.92 Å². The minimum absolute atomic E-state index is 0.0186. The molecule has 1 aromatic heterocycles. The van der Waals surface area contributed by atoms with E-state index in [2.05, 4.69) is 47.2 Å². The second-order valence-electron chi connectivity index (χ2n) is 17.7. The fourth-order valence-electron chi connectivity index (χ4n) is 8.05. The number of aromatic nitrogens is 1. The molecule has 0 bridgehead atoms. The molecule has 0 unspecified atom stereocenters. The van der Waals surface area contributed by atoms with Crippen molar-refractivity contribution in [2.45, 2.75) is 120 Å². The van der Waals surface area contributed by atoms with Crippen molar-refractivity contribution >= 4 is 103 Å². The summed E-state index contributed by atoms with van der Waals surface area (Å²) in [6.07, 6.45) is 1.14. The highest BCUT2D eigenvalue weighted by Gasteiger charge is 2.41. The van der Waals surface area contributed by atoms with Gasteiger partial charge in [-0.3, -0.25) is 57.7 Å². The van der Waals surface area contributed by atoms with Crippen LogP contribution >= 0.6 is 21.6 Å². The number of carbonyl (C=O) groups excluding carboxylic acids is 11. The number of aromatic amines is 1. The van der Waals surface area contributed by atoms with Gasteiger partial charge in [0.1, 0.15) is 42.3 Å². The zero-order valence-electron chi connectivity index (χ0n) is 40.7. The van der Waals surface area contributed by atoms with E-state index in [0.29, 0.717) is 18.4 Å². The fraction of sp³-hybridized carbons (Fsp3) is 0.556. The number of hydrogen-bond donors (Lipinski definition) is 13. The molecule has 28 heteroatoms. The van der Waals surface area contributed by atoms with E-state index in [1.54, 1.807) is 20.0 Å². The Morgan fingerprint density at radius 1 is 0.836 bits per heavy atom. The summed E-state index contributed by atoms with van der Waals surface area (Å²) in [4.78, 5) is 156. The van der Waals surface area contributed by atoms with Crippen LogP contribution in [0.25, 0.3) is 10.9 Å². The number of nitrogens with one attached hydrogen (secondary N) is 8. The summed E-state index contributed by atoms with van der Waals surface area (Å²) in [5.74, 6) is -9.84. The molecule has 26 nitrogen and oxygen atoms in total. The van der Waals surface area contributed by atoms with Gasteiger partial charge in [-0.15, -0.1) is 0 Å². The summed E-state index contributed by atoms with van der Waals surface area (Å²) in [5, 5.41) is 18.9. The molecule has 73 heavy (non-hydrogen) atoms. The van der Waals surface area contributed by atoms with Gasteiger partial charge in [0.05, 0.1) is 13.0 Å². The maximum Gasteiger partial charge on any atom is 0.246 e. The van der Waals surface area contributed by atoms with E-state index in [4.69, 9.17) is 28.7 Å². The van der Waals surface area contributed by atoms with Crippen LogP contribution in [0.4, 0.5) is 0 Å². The third-order valence-electron chi connectivity index (χ3n) is 12.1. The number of likely N-dealkylation sites (tertiary alicyclic amines) is 1. The lowest BCUT2D eigenvalue weighted by molar-refractivity contribution is -0.142. The predicted molar refractivity (Wildman–Crippen MR) is 272 cm³/mol. The first-order chi connectivity index (χ1) is 34.7. The maximum absolute atomic E-state index is 14.6. The summed E-state index contributed by atoms with van der Waals surface area (Å²) in [6, 6.07) is -2.21. The summed E-state index contributed by atoms with van der Waals surface area (Å²) < 4.78 is 0. The minimum atomic E-state index is -1.74. The molecule has 1 aromatic carbocycles. The lowest BCUT2D eigenvalue weighted by Gasteiger charge is -2.31. The average molecular weight is 1060 g/mol. The Bertz CT molecular complexity index is 2380. The van der Waals surface area contributed by atoms with Gasteiger partial charge in [-0.2, -0.15) is 0 Å². The molecule has 2 aromatic rings. The summed E-state index contributed by atoms with van der Waals surface area (Å²) in [7, 11) is 2.24. The van der Waals surface area contributed by atoms with E-state index in [9.17, 15) is 52.7 Å². The number of aliphatic imine (C=N–C) groups is 1. The van der Waals surface area contributed by atoms with Crippen molar-refractivity contribution in [2.24, 2.45) is 39.6 Å². The van der Waals surface area contributed by atoms with E-state index < -0.39 is 133 Å². The van der Waals surface area contributed by atoms with Crippen LogP contribution < -0.4 is 65.9 Å². The standard InChI is InChI=1S/C45H67N15O11S2/c1-3-23(2)37-43(70)56-28(12-13-33(46)61)39(66)57-30(19-34(47)62)40(67)58-31(22-73-72-17-14-36(64)54-29(41(68)59-37)18-24-20-52-26-9-5-4-8-25(24)26)44(71)60-16-7-11-32(60)42(69)55-27(10-6-15-51-45(49)50)38(65)53-21-35(48)63/h4-5,8-9,20,23,27-32,37,52H,3,6-7,10-19,21-22H2,1-2H3,(H2,46,61)(H2,47,62)(H2,48,63)(H,53,65)(H,54,64)(H,55,69)(H,56,70)(H,57,66)(H,58,67)(H,59,68)(H4,49,50,51)/t23-,27-,28-,29+,30-,31+,32-,37-/m0/s1. The molecule has 2 saturated heterocycles.